The zero-order valence-corrected chi connectivity index (χ0v) is 18.0. The number of nitrogens with one attached hydrogen (secondary N) is 1. The number of aromatic nitrogens is 1. The maximum absolute atomic E-state index is 12.9. The number of ether oxygens (including phenoxy) is 2. The van der Waals surface area contributed by atoms with Crippen molar-refractivity contribution in [2.45, 2.75) is 18.7 Å². The molecule has 2 rings (SSSR count). The monoisotopic (exact) mass is 427 g/mol. The molecule has 0 fully saturated rings. The Hall–Kier alpha value is -1.85. The average Bonchev–Trinajstić information content (AvgIpc) is 2.98. The van der Waals surface area contributed by atoms with Crippen molar-refractivity contribution in [3.8, 4) is 0 Å². The van der Waals surface area contributed by atoms with Crippen molar-refractivity contribution in [2.24, 2.45) is 0 Å². The molecule has 10 heteroatoms. The maximum atomic E-state index is 12.9. The number of amides is 1. The predicted octanol–water partition coefficient (Wildman–Crippen LogP) is 2.30. The summed E-state index contributed by atoms with van der Waals surface area (Å²) in [5, 5.41) is 3.25. The third kappa shape index (κ3) is 5.58. The van der Waals surface area contributed by atoms with Crippen LogP contribution in [0, 0.1) is 13.8 Å². The summed E-state index contributed by atoms with van der Waals surface area (Å²) in [7, 11) is -0.690. The lowest BCUT2D eigenvalue weighted by atomic mass is 10.2. The highest BCUT2D eigenvalue weighted by Crippen LogP contribution is 2.22. The van der Waals surface area contributed by atoms with E-state index in [1.807, 2.05) is 13.8 Å². The lowest BCUT2D eigenvalue weighted by molar-refractivity contribution is 0.102. The van der Waals surface area contributed by atoms with Crippen LogP contribution in [0.15, 0.2) is 29.2 Å². The topological polar surface area (TPSA) is 97.8 Å². The van der Waals surface area contributed by atoms with Gasteiger partial charge >= 0.3 is 0 Å². The van der Waals surface area contributed by atoms with Gasteiger partial charge in [-0.1, -0.05) is 0 Å². The van der Waals surface area contributed by atoms with Crippen LogP contribution in [0.25, 0.3) is 0 Å². The largest absolute Gasteiger partial charge is 0.383 e. The van der Waals surface area contributed by atoms with Gasteiger partial charge in [0.05, 0.1) is 23.8 Å². The molecule has 0 unspecified atom stereocenters. The molecular formula is C18H25N3O5S2. The van der Waals surface area contributed by atoms with E-state index >= 15 is 0 Å². The number of hydrogen-bond acceptors (Lipinski definition) is 7. The minimum absolute atomic E-state index is 0.109. The highest BCUT2D eigenvalue weighted by atomic mass is 32.2. The van der Waals surface area contributed by atoms with Crippen molar-refractivity contribution in [3.63, 3.8) is 0 Å². The van der Waals surface area contributed by atoms with Crippen LogP contribution in [0.4, 0.5) is 5.13 Å². The SMILES string of the molecule is COCCN(CCOC)S(=O)(=O)c1ccc(C(=O)Nc2nc(C)c(C)s2)cc1. The number of methoxy groups -OCH3 is 2. The summed E-state index contributed by atoms with van der Waals surface area (Å²) in [5.74, 6) is -0.340. The van der Waals surface area contributed by atoms with E-state index in [9.17, 15) is 13.2 Å². The number of thiazole rings is 1. The van der Waals surface area contributed by atoms with Crippen LogP contribution in [0.5, 0.6) is 0 Å². The Bertz CT molecular complexity index is 867. The summed E-state index contributed by atoms with van der Waals surface area (Å²) in [6.45, 7) is 4.79. The zero-order valence-electron chi connectivity index (χ0n) is 16.4. The molecule has 2 aromatic rings. The standard InChI is InChI=1S/C18H25N3O5S2/c1-13-14(2)27-18(19-13)20-17(22)15-5-7-16(8-6-15)28(23,24)21(9-11-25-3)10-12-26-4/h5-8H,9-12H2,1-4H3,(H,19,20,22). The van der Waals surface area contributed by atoms with Crippen LogP contribution in [0.2, 0.25) is 0 Å². The molecule has 154 valence electrons. The number of rotatable bonds is 10. The van der Waals surface area contributed by atoms with E-state index in [1.54, 1.807) is 0 Å². The number of hydrogen-bond donors (Lipinski definition) is 1. The first kappa shape index (κ1) is 22.4. The molecule has 1 heterocycles. The summed E-state index contributed by atoms with van der Waals surface area (Å²) in [4.78, 5) is 17.8. The molecule has 1 aromatic carbocycles. The molecule has 0 aliphatic heterocycles. The highest BCUT2D eigenvalue weighted by molar-refractivity contribution is 7.89. The van der Waals surface area contributed by atoms with Crippen LogP contribution in [-0.2, 0) is 19.5 Å². The number of carbonyl (C=O) groups is 1. The lowest BCUT2D eigenvalue weighted by Crippen LogP contribution is -2.36. The Kier molecular flexibility index (Phi) is 8.08. The smallest absolute Gasteiger partial charge is 0.257 e. The van der Waals surface area contributed by atoms with Gasteiger partial charge in [0.1, 0.15) is 0 Å². The van der Waals surface area contributed by atoms with E-state index in [0.717, 1.165) is 10.6 Å². The van der Waals surface area contributed by atoms with Crippen LogP contribution >= 0.6 is 11.3 Å². The molecule has 1 aromatic heterocycles. The van der Waals surface area contributed by atoms with Gasteiger partial charge in [0, 0.05) is 37.7 Å². The van der Waals surface area contributed by atoms with E-state index in [-0.39, 0.29) is 37.1 Å². The quantitative estimate of drug-likeness (QED) is 0.625. The number of benzene rings is 1. The van der Waals surface area contributed by atoms with E-state index in [0.29, 0.717) is 10.7 Å². The Morgan fingerprint density at radius 3 is 2.14 bits per heavy atom. The molecule has 0 aliphatic rings. The molecule has 0 spiro atoms. The molecule has 0 aliphatic carbocycles. The van der Waals surface area contributed by atoms with Gasteiger partial charge < -0.3 is 9.47 Å². The molecular weight excluding hydrogens is 402 g/mol. The van der Waals surface area contributed by atoms with Crippen molar-refractivity contribution in [2.75, 3.05) is 45.8 Å². The summed E-state index contributed by atoms with van der Waals surface area (Å²) in [6.07, 6.45) is 0. The zero-order chi connectivity index (χ0) is 20.7. The Balaban J connectivity index is 2.15. The van der Waals surface area contributed by atoms with Gasteiger partial charge in [0.15, 0.2) is 5.13 Å². The van der Waals surface area contributed by atoms with Gasteiger partial charge in [0.2, 0.25) is 10.0 Å². The Morgan fingerprint density at radius 1 is 1.11 bits per heavy atom. The fourth-order valence-electron chi connectivity index (χ4n) is 2.36. The normalized spacial score (nSPS) is 11.8. The Labute approximate surface area is 169 Å². The van der Waals surface area contributed by atoms with E-state index < -0.39 is 10.0 Å². The first-order valence-corrected chi connectivity index (χ1v) is 10.9. The molecule has 1 amide bonds. The number of anilines is 1. The fraction of sp³-hybridized carbons (Fsp3) is 0.444. The molecule has 0 saturated carbocycles. The van der Waals surface area contributed by atoms with Crippen molar-refractivity contribution < 1.29 is 22.7 Å². The van der Waals surface area contributed by atoms with Gasteiger partial charge in [-0.25, -0.2) is 13.4 Å². The molecule has 0 radical (unpaired) electrons. The van der Waals surface area contributed by atoms with Crippen LogP contribution < -0.4 is 5.32 Å². The van der Waals surface area contributed by atoms with Crippen LogP contribution in [0.1, 0.15) is 20.9 Å². The van der Waals surface area contributed by atoms with Crippen LogP contribution in [-0.4, -0.2) is 64.1 Å². The van der Waals surface area contributed by atoms with Crippen LogP contribution in [0.3, 0.4) is 0 Å². The van der Waals surface area contributed by atoms with E-state index in [1.165, 1.54) is 54.1 Å². The highest BCUT2D eigenvalue weighted by Gasteiger charge is 2.24. The molecule has 8 nitrogen and oxygen atoms in total. The van der Waals surface area contributed by atoms with Gasteiger partial charge in [-0.15, -0.1) is 11.3 Å². The first-order chi connectivity index (χ1) is 13.3. The predicted molar refractivity (Wildman–Crippen MR) is 108 cm³/mol. The second kappa shape index (κ2) is 10.1. The van der Waals surface area contributed by atoms with Gasteiger partial charge in [-0.3, -0.25) is 10.1 Å². The second-order valence-corrected chi connectivity index (χ2v) is 9.17. The minimum Gasteiger partial charge on any atom is -0.383 e. The second-order valence-electron chi connectivity index (χ2n) is 6.03. The number of sulfonamides is 1. The number of carbonyl (C=O) groups excluding carboxylic acids is 1. The molecule has 0 bridgehead atoms. The molecule has 0 atom stereocenters. The third-order valence-electron chi connectivity index (χ3n) is 4.09. The summed E-state index contributed by atoms with van der Waals surface area (Å²) < 4.78 is 37.0. The van der Waals surface area contributed by atoms with Gasteiger partial charge in [-0.05, 0) is 38.1 Å². The number of nitrogens with zero attached hydrogens (tertiary/aromatic N) is 2. The summed E-state index contributed by atoms with van der Waals surface area (Å²) >= 11 is 1.39. The van der Waals surface area contributed by atoms with E-state index in [2.05, 4.69) is 10.3 Å². The fourth-order valence-corrected chi connectivity index (χ4v) is 4.58. The van der Waals surface area contributed by atoms with Crippen molar-refractivity contribution in [1.29, 1.82) is 0 Å². The van der Waals surface area contributed by atoms with Crippen molar-refractivity contribution >= 4 is 32.4 Å². The first-order valence-electron chi connectivity index (χ1n) is 8.63. The van der Waals surface area contributed by atoms with Gasteiger partial charge in [0.25, 0.3) is 5.91 Å². The van der Waals surface area contributed by atoms with Crippen molar-refractivity contribution in [3.05, 3.63) is 40.4 Å². The van der Waals surface area contributed by atoms with Crippen molar-refractivity contribution in [1.82, 2.24) is 9.29 Å². The van der Waals surface area contributed by atoms with Gasteiger partial charge in [-0.2, -0.15) is 4.31 Å². The summed E-state index contributed by atoms with van der Waals surface area (Å²) in [5.41, 5.74) is 1.22. The average molecular weight is 428 g/mol. The Morgan fingerprint density at radius 2 is 1.68 bits per heavy atom. The third-order valence-corrected chi connectivity index (χ3v) is 6.99. The molecule has 1 N–H and O–H groups in total. The molecule has 0 saturated heterocycles. The van der Waals surface area contributed by atoms with E-state index in [4.69, 9.17) is 9.47 Å². The molecule has 28 heavy (non-hydrogen) atoms. The maximum Gasteiger partial charge on any atom is 0.257 e. The lowest BCUT2D eigenvalue weighted by Gasteiger charge is -2.21. The summed E-state index contributed by atoms with van der Waals surface area (Å²) in [6, 6.07) is 5.82. The number of aryl methyl sites for hydroxylation is 2. The minimum atomic E-state index is -3.72.